The van der Waals surface area contributed by atoms with Crippen LogP contribution in [0, 0.1) is 0 Å². The summed E-state index contributed by atoms with van der Waals surface area (Å²) < 4.78 is 1.99. The molecule has 0 aliphatic heterocycles. The van der Waals surface area contributed by atoms with Crippen molar-refractivity contribution in [1.82, 2.24) is 9.78 Å². The van der Waals surface area contributed by atoms with E-state index in [9.17, 15) is 0 Å². The van der Waals surface area contributed by atoms with Crippen LogP contribution >= 0.6 is 0 Å². The van der Waals surface area contributed by atoms with Gasteiger partial charge in [0.05, 0.1) is 17.4 Å². The first-order chi connectivity index (χ1) is 8.90. The van der Waals surface area contributed by atoms with Crippen LogP contribution in [-0.4, -0.2) is 16.3 Å². The molecule has 0 radical (unpaired) electrons. The highest BCUT2D eigenvalue weighted by Crippen LogP contribution is 2.22. The van der Waals surface area contributed by atoms with E-state index in [1.165, 1.54) is 5.56 Å². The van der Waals surface area contributed by atoms with Gasteiger partial charge in [-0.1, -0.05) is 36.4 Å². The van der Waals surface area contributed by atoms with Gasteiger partial charge in [-0.25, -0.2) is 4.68 Å². The molecule has 0 aliphatic rings. The van der Waals surface area contributed by atoms with E-state index in [-0.39, 0.29) is 0 Å². The number of para-hydroxylation sites is 2. The average Bonchev–Trinajstić information content (AvgIpc) is 2.85. The normalized spacial score (nSPS) is 10.9. The van der Waals surface area contributed by atoms with Gasteiger partial charge in [-0.05, 0) is 30.7 Å². The van der Waals surface area contributed by atoms with Crippen LogP contribution in [0.5, 0.6) is 0 Å². The molecule has 3 nitrogen and oxygen atoms in total. The number of rotatable bonds is 3. The summed E-state index contributed by atoms with van der Waals surface area (Å²) >= 11 is 0. The molecule has 0 fully saturated rings. The van der Waals surface area contributed by atoms with Gasteiger partial charge in [0.15, 0.2) is 0 Å². The Morgan fingerprint density at radius 3 is 2.61 bits per heavy atom. The van der Waals surface area contributed by atoms with E-state index in [2.05, 4.69) is 35.4 Å². The third-order valence-corrected chi connectivity index (χ3v) is 3.09. The van der Waals surface area contributed by atoms with Crippen LogP contribution in [0.3, 0.4) is 0 Å². The molecule has 1 aromatic heterocycles. The molecule has 0 saturated carbocycles. The number of hydrogen-bond donors (Lipinski definition) is 1. The van der Waals surface area contributed by atoms with E-state index in [1.54, 1.807) is 0 Å². The topological polar surface area (TPSA) is 43.8 Å². The Hall–Kier alpha value is -2.13. The number of hydrogen-bond acceptors (Lipinski definition) is 2. The monoisotopic (exact) mass is 237 g/mol. The van der Waals surface area contributed by atoms with Crippen molar-refractivity contribution >= 4 is 10.9 Å². The fourth-order valence-corrected chi connectivity index (χ4v) is 2.27. The maximum absolute atomic E-state index is 5.68. The summed E-state index contributed by atoms with van der Waals surface area (Å²) in [5.41, 5.74) is 9.17. The van der Waals surface area contributed by atoms with Gasteiger partial charge in [-0.2, -0.15) is 5.10 Å². The molecule has 0 unspecified atom stereocenters. The van der Waals surface area contributed by atoms with Crippen molar-refractivity contribution in [2.45, 2.75) is 6.42 Å². The highest BCUT2D eigenvalue weighted by atomic mass is 15.3. The molecule has 3 rings (SSSR count). The van der Waals surface area contributed by atoms with Crippen molar-refractivity contribution in [1.29, 1.82) is 0 Å². The smallest absolute Gasteiger partial charge is 0.0773 e. The van der Waals surface area contributed by atoms with E-state index in [1.807, 2.05) is 29.1 Å². The minimum absolute atomic E-state index is 0.652. The number of nitrogens with two attached hydrogens (primary N) is 1. The molecule has 0 aliphatic carbocycles. The predicted molar refractivity (Wildman–Crippen MR) is 73.8 cm³/mol. The van der Waals surface area contributed by atoms with Gasteiger partial charge < -0.3 is 5.73 Å². The van der Waals surface area contributed by atoms with Crippen molar-refractivity contribution in [3.63, 3.8) is 0 Å². The minimum atomic E-state index is 0.652. The van der Waals surface area contributed by atoms with Crippen LogP contribution in [0.15, 0.2) is 54.7 Å². The van der Waals surface area contributed by atoms with Gasteiger partial charge in [-0.15, -0.1) is 0 Å². The Morgan fingerprint density at radius 2 is 1.83 bits per heavy atom. The van der Waals surface area contributed by atoms with Crippen molar-refractivity contribution in [3.8, 4) is 5.69 Å². The lowest BCUT2D eigenvalue weighted by molar-refractivity contribution is 0.894. The Morgan fingerprint density at radius 1 is 1.00 bits per heavy atom. The molecule has 0 saturated heterocycles. The van der Waals surface area contributed by atoms with E-state index >= 15 is 0 Å². The van der Waals surface area contributed by atoms with Crippen molar-refractivity contribution in [3.05, 3.63) is 60.3 Å². The van der Waals surface area contributed by atoms with E-state index in [0.717, 1.165) is 23.0 Å². The zero-order valence-electron chi connectivity index (χ0n) is 10.1. The molecule has 3 aromatic rings. The standard InChI is InChI=1S/C15H15N3/c16-10-9-12-5-4-6-13-11-17-18(15(12)13)14-7-2-1-3-8-14/h1-8,11H,9-10,16H2. The second kappa shape index (κ2) is 4.63. The number of fused-ring (bicyclic) bond motifs is 1. The molecule has 1 heterocycles. The number of nitrogens with zero attached hydrogens (tertiary/aromatic N) is 2. The quantitative estimate of drug-likeness (QED) is 0.760. The van der Waals surface area contributed by atoms with Gasteiger partial charge in [0, 0.05) is 5.39 Å². The van der Waals surface area contributed by atoms with Gasteiger partial charge in [-0.3, -0.25) is 0 Å². The summed E-state index contributed by atoms with van der Waals surface area (Å²) in [5.74, 6) is 0. The molecule has 2 N–H and O–H groups in total. The lowest BCUT2D eigenvalue weighted by Crippen LogP contribution is -2.05. The Kier molecular flexibility index (Phi) is 2.82. The fraction of sp³-hybridized carbons (Fsp3) is 0.133. The predicted octanol–water partition coefficient (Wildman–Crippen LogP) is 2.53. The van der Waals surface area contributed by atoms with Crippen molar-refractivity contribution in [2.24, 2.45) is 5.73 Å². The van der Waals surface area contributed by atoms with Crippen LogP contribution in [0.1, 0.15) is 5.56 Å². The summed E-state index contributed by atoms with van der Waals surface area (Å²) in [4.78, 5) is 0. The fourth-order valence-electron chi connectivity index (χ4n) is 2.27. The van der Waals surface area contributed by atoms with Gasteiger partial charge in [0.1, 0.15) is 0 Å². The summed E-state index contributed by atoms with van der Waals surface area (Å²) in [7, 11) is 0. The highest BCUT2D eigenvalue weighted by Gasteiger charge is 2.08. The maximum atomic E-state index is 5.68. The molecule has 3 heteroatoms. The molecule has 0 atom stereocenters. The molecule has 0 spiro atoms. The van der Waals surface area contributed by atoms with Crippen LogP contribution in [-0.2, 0) is 6.42 Å². The first-order valence-electron chi connectivity index (χ1n) is 6.11. The Labute approximate surface area is 106 Å². The largest absolute Gasteiger partial charge is 0.330 e. The van der Waals surface area contributed by atoms with Crippen LogP contribution in [0.2, 0.25) is 0 Å². The van der Waals surface area contributed by atoms with E-state index < -0.39 is 0 Å². The van der Waals surface area contributed by atoms with Crippen LogP contribution in [0.4, 0.5) is 0 Å². The number of benzene rings is 2. The number of aromatic nitrogens is 2. The van der Waals surface area contributed by atoms with Crippen LogP contribution in [0.25, 0.3) is 16.6 Å². The van der Waals surface area contributed by atoms with E-state index in [4.69, 9.17) is 5.73 Å². The van der Waals surface area contributed by atoms with Gasteiger partial charge in [0.2, 0.25) is 0 Å². The van der Waals surface area contributed by atoms with Gasteiger partial charge in [0.25, 0.3) is 0 Å². The van der Waals surface area contributed by atoms with Crippen molar-refractivity contribution in [2.75, 3.05) is 6.54 Å². The molecule has 0 bridgehead atoms. The molecule has 18 heavy (non-hydrogen) atoms. The molecular formula is C15H15N3. The van der Waals surface area contributed by atoms with Crippen molar-refractivity contribution < 1.29 is 0 Å². The summed E-state index contributed by atoms with van der Waals surface area (Å²) in [6, 6.07) is 16.4. The Balaban J connectivity index is 2.24. The molecule has 2 aromatic carbocycles. The zero-order valence-corrected chi connectivity index (χ0v) is 10.1. The minimum Gasteiger partial charge on any atom is -0.330 e. The molecule has 90 valence electrons. The first-order valence-corrected chi connectivity index (χ1v) is 6.11. The Bertz CT molecular complexity index is 656. The summed E-state index contributed by atoms with van der Waals surface area (Å²) in [5, 5.41) is 5.64. The third kappa shape index (κ3) is 1.79. The first kappa shape index (κ1) is 11.0. The zero-order chi connectivity index (χ0) is 12.4. The summed E-state index contributed by atoms with van der Waals surface area (Å²) in [6.45, 7) is 0.652. The van der Waals surface area contributed by atoms with Crippen LogP contribution < -0.4 is 5.73 Å². The maximum Gasteiger partial charge on any atom is 0.0773 e. The van der Waals surface area contributed by atoms with Gasteiger partial charge >= 0.3 is 0 Å². The molecular weight excluding hydrogens is 222 g/mol. The van der Waals surface area contributed by atoms with E-state index in [0.29, 0.717) is 6.54 Å². The third-order valence-electron chi connectivity index (χ3n) is 3.09. The second-order valence-corrected chi connectivity index (χ2v) is 4.29. The summed E-state index contributed by atoms with van der Waals surface area (Å²) in [6.07, 6.45) is 2.78. The average molecular weight is 237 g/mol. The lowest BCUT2D eigenvalue weighted by atomic mass is 10.1. The second-order valence-electron chi connectivity index (χ2n) is 4.29. The lowest BCUT2D eigenvalue weighted by Gasteiger charge is -2.07. The molecule has 0 amide bonds. The SMILES string of the molecule is NCCc1cccc2cnn(-c3ccccc3)c12. The highest BCUT2D eigenvalue weighted by molar-refractivity contribution is 5.83.